The third kappa shape index (κ3) is 2.43. The molecule has 1 aliphatic heterocycles. The lowest BCUT2D eigenvalue weighted by atomic mass is 10.1. The zero-order chi connectivity index (χ0) is 10.7. The van der Waals surface area contributed by atoms with Crippen molar-refractivity contribution in [3.63, 3.8) is 0 Å². The average Bonchev–Trinajstić information content (AvgIpc) is 2.65. The quantitative estimate of drug-likeness (QED) is 0.774. The van der Waals surface area contributed by atoms with Crippen LogP contribution in [-0.4, -0.2) is 20.1 Å². The molecule has 0 bridgehead atoms. The number of hydrogen-bond acceptors (Lipinski definition) is 3. The third-order valence-electron chi connectivity index (χ3n) is 2.69. The lowest BCUT2D eigenvalue weighted by molar-refractivity contribution is 0.640. The van der Waals surface area contributed by atoms with Crippen LogP contribution in [0.5, 0.6) is 0 Å². The van der Waals surface area contributed by atoms with E-state index in [-0.39, 0.29) is 0 Å². The van der Waals surface area contributed by atoms with E-state index in [1.807, 2.05) is 6.07 Å². The van der Waals surface area contributed by atoms with Crippen LogP contribution in [0.2, 0.25) is 0 Å². The normalized spacial score (nSPS) is 19.5. The number of nitrogens with zero attached hydrogens (tertiary/aromatic N) is 1. The molecule has 1 aromatic rings. The Bertz CT molecular complexity index is 345. The number of nitrogens with one attached hydrogen (secondary N) is 1. The van der Waals surface area contributed by atoms with Gasteiger partial charge in [-0.1, -0.05) is 18.2 Å². The number of benzene rings is 1. The summed E-state index contributed by atoms with van der Waals surface area (Å²) in [6.07, 6.45) is 2.10. The predicted octanol–water partition coefficient (Wildman–Crippen LogP) is 1.14. The van der Waals surface area contributed by atoms with Crippen LogP contribution in [0.15, 0.2) is 42.2 Å². The van der Waals surface area contributed by atoms with Crippen LogP contribution in [0, 0.1) is 5.92 Å². The molecule has 0 unspecified atom stereocenters. The van der Waals surface area contributed by atoms with Gasteiger partial charge in [-0.15, -0.1) is 0 Å². The van der Waals surface area contributed by atoms with Gasteiger partial charge in [0.15, 0.2) is 0 Å². The molecule has 3 N–H and O–H groups in total. The van der Waals surface area contributed by atoms with Gasteiger partial charge in [0.2, 0.25) is 0 Å². The van der Waals surface area contributed by atoms with Gasteiger partial charge in [-0.3, -0.25) is 0 Å². The van der Waals surface area contributed by atoms with Crippen LogP contribution in [0.3, 0.4) is 0 Å². The molecule has 1 heterocycles. The van der Waals surface area contributed by atoms with Gasteiger partial charge in [0.25, 0.3) is 0 Å². The summed E-state index contributed by atoms with van der Waals surface area (Å²) < 4.78 is 0. The lowest BCUT2D eigenvalue weighted by Crippen LogP contribution is -2.27. The summed E-state index contributed by atoms with van der Waals surface area (Å²) in [6.45, 7) is 1.95. The number of anilines is 1. The number of nitrogens with two attached hydrogens (primary N) is 1. The van der Waals surface area contributed by atoms with E-state index < -0.39 is 0 Å². The second-order valence-corrected chi connectivity index (χ2v) is 3.98. The first kappa shape index (κ1) is 9.90. The standard InChI is InChI=1S/C12H17N3/c1-15(11-5-3-2-4-6-11)9-10-7-12(13)14-8-10/h2-7,10,14H,8-9,13H2,1H3/t10-/m0/s1. The van der Waals surface area contributed by atoms with Crippen LogP contribution < -0.4 is 16.0 Å². The third-order valence-corrected chi connectivity index (χ3v) is 2.69. The largest absolute Gasteiger partial charge is 0.386 e. The maximum atomic E-state index is 5.67. The van der Waals surface area contributed by atoms with Gasteiger partial charge in [0, 0.05) is 31.7 Å². The van der Waals surface area contributed by atoms with E-state index >= 15 is 0 Å². The Hall–Kier alpha value is -1.64. The highest BCUT2D eigenvalue weighted by Crippen LogP contribution is 2.15. The topological polar surface area (TPSA) is 41.3 Å². The molecule has 0 saturated carbocycles. The first-order valence-corrected chi connectivity index (χ1v) is 5.23. The predicted molar refractivity (Wildman–Crippen MR) is 63.5 cm³/mol. The minimum atomic E-state index is 0.509. The maximum absolute atomic E-state index is 5.67. The van der Waals surface area contributed by atoms with E-state index in [9.17, 15) is 0 Å². The molecule has 0 amide bonds. The molecule has 1 aliphatic rings. The molecule has 0 aromatic heterocycles. The summed E-state index contributed by atoms with van der Waals surface area (Å²) in [5.74, 6) is 1.32. The maximum Gasteiger partial charge on any atom is 0.0923 e. The lowest BCUT2D eigenvalue weighted by Gasteiger charge is -2.21. The SMILES string of the molecule is CN(C[C@H]1C=C(N)NC1)c1ccccc1. The van der Waals surface area contributed by atoms with Crippen LogP contribution in [0.4, 0.5) is 5.69 Å². The summed E-state index contributed by atoms with van der Waals surface area (Å²) in [6, 6.07) is 10.4. The summed E-state index contributed by atoms with van der Waals surface area (Å²) >= 11 is 0. The fourth-order valence-electron chi connectivity index (χ4n) is 1.88. The van der Waals surface area contributed by atoms with E-state index in [1.54, 1.807) is 0 Å². The molecule has 3 nitrogen and oxygen atoms in total. The smallest absolute Gasteiger partial charge is 0.0923 e. The van der Waals surface area contributed by atoms with Crippen LogP contribution >= 0.6 is 0 Å². The minimum absolute atomic E-state index is 0.509. The highest BCUT2D eigenvalue weighted by atomic mass is 15.1. The molecule has 1 atom stereocenters. The highest BCUT2D eigenvalue weighted by molar-refractivity contribution is 5.45. The van der Waals surface area contributed by atoms with Crippen molar-refractivity contribution in [3.05, 3.63) is 42.2 Å². The molecule has 1 aromatic carbocycles. The van der Waals surface area contributed by atoms with E-state index in [4.69, 9.17) is 5.73 Å². The number of para-hydroxylation sites is 1. The van der Waals surface area contributed by atoms with E-state index in [0.29, 0.717) is 5.92 Å². The molecule has 0 aliphatic carbocycles. The van der Waals surface area contributed by atoms with E-state index in [1.165, 1.54) is 5.69 Å². The Balaban J connectivity index is 1.96. The Labute approximate surface area is 90.6 Å². The Kier molecular flexibility index (Phi) is 2.81. The van der Waals surface area contributed by atoms with Gasteiger partial charge in [0.1, 0.15) is 0 Å². The summed E-state index contributed by atoms with van der Waals surface area (Å²) in [5, 5.41) is 3.14. The molecule has 0 radical (unpaired) electrons. The van der Waals surface area contributed by atoms with Gasteiger partial charge in [-0.25, -0.2) is 0 Å². The van der Waals surface area contributed by atoms with Crippen LogP contribution in [0.1, 0.15) is 0 Å². The zero-order valence-corrected chi connectivity index (χ0v) is 8.98. The van der Waals surface area contributed by atoms with E-state index in [0.717, 1.165) is 18.9 Å². The van der Waals surface area contributed by atoms with Crippen LogP contribution in [0.25, 0.3) is 0 Å². The molecular formula is C12H17N3. The molecule has 80 valence electrons. The minimum Gasteiger partial charge on any atom is -0.386 e. The summed E-state index contributed by atoms with van der Waals surface area (Å²) in [4.78, 5) is 2.25. The first-order chi connectivity index (χ1) is 7.25. The summed E-state index contributed by atoms with van der Waals surface area (Å²) in [5.41, 5.74) is 6.92. The molecule has 2 rings (SSSR count). The van der Waals surface area contributed by atoms with Crippen molar-refractivity contribution >= 4 is 5.69 Å². The van der Waals surface area contributed by atoms with Gasteiger partial charge < -0.3 is 16.0 Å². The molecule has 0 spiro atoms. The number of rotatable bonds is 3. The zero-order valence-electron chi connectivity index (χ0n) is 8.98. The van der Waals surface area contributed by atoms with Crippen molar-refractivity contribution in [2.45, 2.75) is 0 Å². The van der Waals surface area contributed by atoms with Gasteiger partial charge >= 0.3 is 0 Å². The second-order valence-electron chi connectivity index (χ2n) is 3.98. The molecule has 3 heteroatoms. The van der Waals surface area contributed by atoms with Crippen molar-refractivity contribution in [1.29, 1.82) is 0 Å². The van der Waals surface area contributed by atoms with E-state index in [2.05, 4.69) is 47.6 Å². The van der Waals surface area contributed by atoms with Crippen molar-refractivity contribution in [1.82, 2.24) is 5.32 Å². The van der Waals surface area contributed by atoms with Crippen molar-refractivity contribution in [2.75, 3.05) is 25.0 Å². The monoisotopic (exact) mass is 203 g/mol. The molecule has 0 fully saturated rings. The number of hydrogen-bond donors (Lipinski definition) is 2. The Morgan fingerprint density at radius 3 is 2.73 bits per heavy atom. The van der Waals surface area contributed by atoms with Crippen molar-refractivity contribution in [3.8, 4) is 0 Å². The molecule has 0 saturated heterocycles. The van der Waals surface area contributed by atoms with Gasteiger partial charge in [0.05, 0.1) is 5.82 Å². The van der Waals surface area contributed by atoms with Crippen molar-refractivity contribution in [2.24, 2.45) is 11.7 Å². The Morgan fingerprint density at radius 1 is 1.40 bits per heavy atom. The van der Waals surface area contributed by atoms with Crippen LogP contribution in [-0.2, 0) is 0 Å². The fraction of sp³-hybridized carbons (Fsp3) is 0.333. The Morgan fingerprint density at radius 2 is 2.13 bits per heavy atom. The van der Waals surface area contributed by atoms with Crippen molar-refractivity contribution < 1.29 is 0 Å². The van der Waals surface area contributed by atoms with Gasteiger partial charge in [-0.05, 0) is 18.2 Å². The summed E-state index contributed by atoms with van der Waals surface area (Å²) in [7, 11) is 2.11. The average molecular weight is 203 g/mol. The first-order valence-electron chi connectivity index (χ1n) is 5.23. The molecular weight excluding hydrogens is 186 g/mol. The second kappa shape index (κ2) is 4.26. The fourth-order valence-corrected chi connectivity index (χ4v) is 1.88. The van der Waals surface area contributed by atoms with Gasteiger partial charge in [-0.2, -0.15) is 0 Å². The molecule has 15 heavy (non-hydrogen) atoms. The highest BCUT2D eigenvalue weighted by Gasteiger charge is 2.15.